The summed E-state index contributed by atoms with van der Waals surface area (Å²) >= 11 is 1.63. The van der Waals surface area contributed by atoms with Crippen LogP contribution in [0.2, 0.25) is 0 Å². The fourth-order valence-electron chi connectivity index (χ4n) is 2.94. The largest absolute Gasteiger partial charge is 0.375 e. The number of nitrogens with one attached hydrogen (secondary N) is 2. The molecule has 0 amide bonds. The Labute approximate surface area is 152 Å². The standard InChI is InChI=1S/C18H17N3OS.C2H6/c1-22-15-6-7-16(23-21-12-8-10-19-11-9-12)17-13-4-2-3-5-14(13)20-18(15)17;1-2/h2-5,7-11,15,20H,6H2,1H3,(H,19,21);1-2H3. The quantitative estimate of drug-likeness (QED) is 0.584. The average molecular weight is 353 g/mol. The van der Waals surface area contributed by atoms with E-state index in [-0.39, 0.29) is 6.10 Å². The third-order valence-corrected chi connectivity index (χ3v) is 4.99. The SMILES string of the molecule is CC.COC1CC=C(SNc2ccncc2)c2c1[nH]c1ccccc21. The molecule has 0 radical (unpaired) electrons. The van der Waals surface area contributed by atoms with Crippen LogP contribution in [0.5, 0.6) is 0 Å². The van der Waals surface area contributed by atoms with Crippen molar-refractivity contribution < 1.29 is 4.74 Å². The van der Waals surface area contributed by atoms with Crippen LogP contribution < -0.4 is 4.72 Å². The van der Waals surface area contributed by atoms with Gasteiger partial charge in [-0.1, -0.05) is 38.1 Å². The number of methoxy groups -OCH3 is 1. The van der Waals surface area contributed by atoms with Crippen molar-refractivity contribution in [3.8, 4) is 0 Å². The van der Waals surface area contributed by atoms with Crippen molar-refractivity contribution in [1.82, 2.24) is 9.97 Å². The smallest absolute Gasteiger partial charge is 0.101 e. The van der Waals surface area contributed by atoms with Crippen LogP contribution in [0, 0.1) is 0 Å². The van der Waals surface area contributed by atoms with Crippen molar-refractivity contribution in [3.63, 3.8) is 0 Å². The van der Waals surface area contributed by atoms with Gasteiger partial charge in [-0.3, -0.25) is 4.98 Å². The van der Waals surface area contributed by atoms with E-state index in [1.54, 1.807) is 31.5 Å². The molecule has 0 aliphatic heterocycles. The molecule has 25 heavy (non-hydrogen) atoms. The molecule has 130 valence electrons. The lowest BCUT2D eigenvalue weighted by Crippen LogP contribution is -2.08. The molecule has 2 heterocycles. The number of pyridine rings is 1. The van der Waals surface area contributed by atoms with Gasteiger partial charge in [-0.25, -0.2) is 0 Å². The molecule has 1 atom stereocenters. The Morgan fingerprint density at radius 3 is 2.68 bits per heavy atom. The molecular formula is C20H23N3OS. The first-order chi connectivity index (χ1) is 12.4. The van der Waals surface area contributed by atoms with Gasteiger partial charge < -0.3 is 14.4 Å². The van der Waals surface area contributed by atoms with Crippen molar-refractivity contribution in [2.45, 2.75) is 26.4 Å². The number of H-pyrrole nitrogens is 1. The van der Waals surface area contributed by atoms with Crippen molar-refractivity contribution in [2.75, 3.05) is 11.8 Å². The number of para-hydroxylation sites is 1. The number of nitrogens with zero attached hydrogens (tertiary/aromatic N) is 1. The Kier molecular flexibility index (Phi) is 5.79. The van der Waals surface area contributed by atoms with Crippen molar-refractivity contribution in [1.29, 1.82) is 0 Å². The third kappa shape index (κ3) is 3.57. The number of hydrogen-bond acceptors (Lipinski definition) is 4. The Hall–Kier alpha value is -2.24. The molecule has 5 heteroatoms. The van der Waals surface area contributed by atoms with E-state index in [4.69, 9.17) is 4.74 Å². The molecule has 3 aromatic rings. The molecule has 1 aliphatic rings. The van der Waals surface area contributed by atoms with Crippen molar-refractivity contribution >= 4 is 33.4 Å². The number of anilines is 1. The summed E-state index contributed by atoms with van der Waals surface area (Å²) in [5.41, 5.74) is 4.60. The molecule has 0 saturated heterocycles. The molecule has 2 N–H and O–H groups in total. The maximum atomic E-state index is 5.64. The molecule has 1 aliphatic carbocycles. The van der Waals surface area contributed by atoms with Gasteiger partial charge in [0.05, 0.1) is 5.69 Å². The second-order valence-electron chi connectivity index (χ2n) is 5.43. The second kappa shape index (κ2) is 8.23. The highest BCUT2D eigenvalue weighted by molar-refractivity contribution is 8.09. The lowest BCUT2D eigenvalue weighted by molar-refractivity contribution is 0.102. The zero-order chi connectivity index (χ0) is 17.6. The highest BCUT2D eigenvalue weighted by Gasteiger charge is 2.26. The number of ether oxygens (including phenoxy) is 1. The van der Waals surface area contributed by atoms with Gasteiger partial charge in [-0.2, -0.15) is 0 Å². The molecule has 4 rings (SSSR count). The van der Waals surface area contributed by atoms with Gasteiger partial charge in [0, 0.05) is 46.6 Å². The van der Waals surface area contributed by atoms with E-state index < -0.39 is 0 Å². The molecule has 1 aromatic carbocycles. The van der Waals surface area contributed by atoms with E-state index in [9.17, 15) is 0 Å². The van der Waals surface area contributed by atoms with Gasteiger partial charge in [-0.05, 0) is 36.6 Å². The fourth-order valence-corrected chi connectivity index (χ4v) is 3.81. The van der Waals surface area contributed by atoms with Crippen LogP contribution in [-0.4, -0.2) is 17.1 Å². The molecule has 0 spiro atoms. The van der Waals surface area contributed by atoms with Gasteiger partial charge in [0.15, 0.2) is 0 Å². The highest BCUT2D eigenvalue weighted by atomic mass is 32.2. The van der Waals surface area contributed by atoms with E-state index in [1.807, 2.05) is 26.0 Å². The van der Waals surface area contributed by atoms with Gasteiger partial charge in [0.2, 0.25) is 0 Å². The summed E-state index contributed by atoms with van der Waals surface area (Å²) in [4.78, 5) is 8.80. The predicted molar refractivity (Wildman–Crippen MR) is 107 cm³/mol. The van der Waals surface area contributed by atoms with Crippen LogP contribution >= 0.6 is 11.9 Å². The monoisotopic (exact) mass is 353 g/mol. The number of fused-ring (bicyclic) bond motifs is 3. The van der Waals surface area contributed by atoms with E-state index >= 15 is 0 Å². The number of benzene rings is 1. The van der Waals surface area contributed by atoms with E-state index in [1.165, 1.54) is 15.9 Å². The Morgan fingerprint density at radius 1 is 1.16 bits per heavy atom. The molecule has 4 nitrogen and oxygen atoms in total. The van der Waals surface area contributed by atoms with Crippen molar-refractivity contribution in [3.05, 3.63) is 66.1 Å². The molecule has 1 unspecified atom stereocenters. The van der Waals surface area contributed by atoms with Crippen LogP contribution in [0.3, 0.4) is 0 Å². The minimum absolute atomic E-state index is 0.0858. The van der Waals surface area contributed by atoms with Gasteiger partial charge in [-0.15, -0.1) is 0 Å². The average Bonchev–Trinajstić information content (AvgIpc) is 3.08. The molecule has 2 aromatic heterocycles. The van der Waals surface area contributed by atoms with Gasteiger partial charge in [0.25, 0.3) is 0 Å². The van der Waals surface area contributed by atoms with Crippen LogP contribution in [0.15, 0.2) is 54.9 Å². The van der Waals surface area contributed by atoms with Gasteiger partial charge in [0.1, 0.15) is 6.10 Å². The summed E-state index contributed by atoms with van der Waals surface area (Å²) in [6.07, 6.45) is 6.78. The second-order valence-corrected chi connectivity index (χ2v) is 6.28. The predicted octanol–water partition coefficient (Wildman–Crippen LogP) is 5.78. The van der Waals surface area contributed by atoms with Crippen LogP contribution in [-0.2, 0) is 4.74 Å². The summed E-state index contributed by atoms with van der Waals surface area (Å²) in [6.45, 7) is 4.00. The minimum Gasteiger partial charge on any atom is -0.375 e. The Balaban J connectivity index is 0.000000880. The van der Waals surface area contributed by atoms with Crippen LogP contribution in [0.25, 0.3) is 15.8 Å². The van der Waals surface area contributed by atoms with Crippen LogP contribution in [0.4, 0.5) is 5.69 Å². The summed E-state index contributed by atoms with van der Waals surface area (Å²) in [5, 5.41) is 1.24. The highest BCUT2D eigenvalue weighted by Crippen LogP contribution is 2.43. The number of aromatic amines is 1. The molecule has 0 saturated carbocycles. The summed E-state index contributed by atoms with van der Waals surface area (Å²) < 4.78 is 9.04. The maximum absolute atomic E-state index is 5.64. The lowest BCUT2D eigenvalue weighted by atomic mass is 9.99. The first-order valence-electron chi connectivity index (χ1n) is 8.53. The number of hydrogen-bond donors (Lipinski definition) is 2. The third-order valence-electron chi connectivity index (χ3n) is 4.06. The number of aromatic nitrogens is 2. The molecular weight excluding hydrogens is 330 g/mol. The van der Waals surface area contributed by atoms with Crippen molar-refractivity contribution in [2.24, 2.45) is 0 Å². The van der Waals surface area contributed by atoms with Gasteiger partial charge >= 0.3 is 0 Å². The van der Waals surface area contributed by atoms with E-state index in [0.29, 0.717) is 0 Å². The summed E-state index contributed by atoms with van der Waals surface area (Å²) in [6, 6.07) is 12.3. The molecule has 0 bridgehead atoms. The minimum atomic E-state index is 0.0858. The Morgan fingerprint density at radius 2 is 1.92 bits per heavy atom. The topological polar surface area (TPSA) is 49.9 Å². The normalized spacial score (nSPS) is 15.8. The number of rotatable bonds is 4. The summed E-state index contributed by atoms with van der Waals surface area (Å²) in [5.74, 6) is 0. The van der Waals surface area contributed by atoms with E-state index in [2.05, 4.69) is 45.0 Å². The molecule has 0 fully saturated rings. The fraction of sp³-hybridized carbons (Fsp3) is 0.250. The summed E-state index contributed by atoms with van der Waals surface area (Å²) in [7, 11) is 1.77. The first kappa shape index (κ1) is 17.6. The van der Waals surface area contributed by atoms with Crippen LogP contribution in [0.1, 0.15) is 37.6 Å². The van der Waals surface area contributed by atoms with E-state index in [0.717, 1.165) is 23.3 Å². The maximum Gasteiger partial charge on any atom is 0.101 e. The first-order valence-corrected chi connectivity index (χ1v) is 9.35. The Bertz CT molecular complexity index is 858. The zero-order valence-corrected chi connectivity index (χ0v) is 15.6. The lowest BCUT2D eigenvalue weighted by Gasteiger charge is -2.21. The zero-order valence-electron chi connectivity index (χ0n) is 14.7.